The molecule has 2 N–H and O–H groups in total. The van der Waals surface area contributed by atoms with Gasteiger partial charge in [0.25, 0.3) is 0 Å². The summed E-state index contributed by atoms with van der Waals surface area (Å²) < 4.78 is 20.0. The van der Waals surface area contributed by atoms with Gasteiger partial charge in [-0.05, 0) is 58.5 Å². The molecule has 2 aromatic rings. The topological polar surface area (TPSA) is 94.1 Å². The molecule has 0 spiro atoms. The Labute approximate surface area is 199 Å². The van der Waals surface area contributed by atoms with Crippen molar-refractivity contribution in [3.8, 4) is 0 Å². The Hall–Kier alpha value is -2.82. The minimum absolute atomic E-state index is 0.00656. The predicted octanol–water partition coefficient (Wildman–Crippen LogP) is 3.15. The molecule has 1 aromatic carbocycles. The minimum atomic E-state index is -1.09. The van der Waals surface area contributed by atoms with E-state index in [1.165, 1.54) is 12.3 Å². The highest BCUT2D eigenvalue weighted by Gasteiger charge is 2.34. The molecule has 34 heavy (non-hydrogen) atoms. The molecule has 2 fully saturated rings. The number of carbonyl (C=O) groups is 1. The number of piperidine rings is 1. The monoisotopic (exact) mass is 472 g/mol. The van der Waals surface area contributed by atoms with E-state index in [0.29, 0.717) is 11.6 Å². The van der Waals surface area contributed by atoms with Crippen LogP contribution < -0.4 is 10.2 Å². The molecule has 2 saturated heterocycles. The first kappa shape index (κ1) is 24.3. The van der Waals surface area contributed by atoms with E-state index in [1.807, 2.05) is 19.1 Å². The van der Waals surface area contributed by atoms with Crippen LogP contribution in [0, 0.1) is 5.82 Å². The summed E-state index contributed by atoms with van der Waals surface area (Å²) in [7, 11) is 4.23. The van der Waals surface area contributed by atoms with E-state index < -0.39 is 12.3 Å². The van der Waals surface area contributed by atoms with Gasteiger partial charge in [-0.15, -0.1) is 0 Å². The van der Waals surface area contributed by atoms with E-state index in [2.05, 4.69) is 46.1 Å². The van der Waals surface area contributed by atoms with Gasteiger partial charge in [0.2, 0.25) is 5.95 Å². The third-order valence-electron chi connectivity index (χ3n) is 6.84. The predicted molar refractivity (Wildman–Crippen MR) is 127 cm³/mol. The van der Waals surface area contributed by atoms with Crippen LogP contribution in [0.3, 0.4) is 0 Å². The van der Waals surface area contributed by atoms with Crippen LogP contribution in [0.5, 0.6) is 0 Å². The summed E-state index contributed by atoms with van der Waals surface area (Å²) in [6.45, 7) is 5.75. The molecule has 1 amide bonds. The largest absolute Gasteiger partial charge is 0.444 e. The zero-order valence-electron chi connectivity index (χ0n) is 20.1. The van der Waals surface area contributed by atoms with Crippen molar-refractivity contribution in [2.75, 3.05) is 44.0 Å². The van der Waals surface area contributed by atoms with Crippen molar-refractivity contribution in [2.45, 2.75) is 51.0 Å². The fourth-order valence-electron chi connectivity index (χ4n) is 4.63. The minimum Gasteiger partial charge on any atom is -0.444 e. The van der Waals surface area contributed by atoms with Gasteiger partial charge in [0.1, 0.15) is 18.2 Å². The van der Waals surface area contributed by atoms with Crippen LogP contribution in [0.1, 0.15) is 49.9 Å². The summed E-state index contributed by atoms with van der Waals surface area (Å²) in [6.07, 6.45) is 1.90. The first-order chi connectivity index (χ1) is 16.2. The molecule has 2 aliphatic rings. The van der Waals surface area contributed by atoms with Crippen LogP contribution in [0.2, 0.25) is 0 Å². The number of aromatic nitrogens is 2. The second-order valence-electron chi connectivity index (χ2n) is 9.22. The lowest BCUT2D eigenvalue weighted by molar-refractivity contribution is 0.113. The Morgan fingerprint density at radius 3 is 2.59 bits per heavy atom. The van der Waals surface area contributed by atoms with Gasteiger partial charge in [0.15, 0.2) is 6.23 Å². The number of likely N-dealkylation sites (tertiary alicyclic amines) is 1. The number of carbonyl (C=O) groups excluding carboxylic acids is 1. The van der Waals surface area contributed by atoms with E-state index in [0.717, 1.165) is 36.4 Å². The number of amides is 1. The standard InChI is InChI=1S/C24H33FN6O3/c1-15(27-23-26-10-7-21(28-23)31-22(32)14-34-24(31)33)17-5-6-19(20(25)13-17)16(2)30-11-8-18(9-12-30)29(3)4/h5-7,10,13,15-16,18,22,32H,8-9,11-12,14H2,1-4H3,(H,26,27,28)/t15-,16?,22-/m0/s1. The lowest BCUT2D eigenvalue weighted by Gasteiger charge is -2.38. The highest BCUT2D eigenvalue weighted by Crippen LogP contribution is 2.29. The SMILES string of the molecule is CC(c1ccc([C@H](C)Nc2nccc(N3C(=O)OC[C@@H]3O)n2)cc1F)N1CCC(N(C)C)CC1. The number of nitrogens with zero attached hydrogens (tertiary/aromatic N) is 5. The van der Waals surface area contributed by atoms with E-state index in [-0.39, 0.29) is 36.3 Å². The fraction of sp³-hybridized carbons (Fsp3) is 0.542. The van der Waals surface area contributed by atoms with Crippen LogP contribution in [0.4, 0.5) is 21.0 Å². The van der Waals surface area contributed by atoms with Crippen molar-refractivity contribution in [3.05, 3.63) is 47.4 Å². The summed E-state index contributed by atoms with van der Waals surface area (Å²) in [4.78, 5) is 26.0. The Bertz CT molecular complexity index is 1010. The maximum absolute atomic E-state index is 15.1. The van der Waals surface area contributed by atoms with Gasteiger partial charge in [0.05, 0.1) is 6.04 Å². The Morgan fingerprint density at radius 2 is 1.97 bits per heavy atom. The van der Waals surface area contributed by atoms with Crippen LogP contribution in [0.25, 0.3) is 0 Å². The molecule has 10 heteroatoms. The van der Waals surface area contributed by atoms with Gasteiger partial charge in [-0.1, -0.05) is 12.1 Å². The Balaban J connectivity index is 1.42. The van der Waals surface area contributed by atoms with Gasteiger partial charge in [-0.2, -0.15) is 4.98 Å². The Morgan fingerprint density at radius 1 is 1.24 bits per heavy atom. The summed E-state index contributed by atoms with van der Waals surface area (Å²) in [5.74, 6) is 0.262. The molecule has 1 aromatic heterocycles. The molecular weight excluding hydrogens is 439 g/mol. The molecule has 4 rings (SSSR count). The molecule has 3 atom stereocenters. The van der Waals surface area contributed by atoms with Crippen molar-refractivity contribution in [1.29, 1.82) is 0 Å². The van der Waals surface area contributed by atoms with Crippen molar-refractivity contribution < 1.29 is 19.0 Å². The quantitative estimate of drug-likeness (QED) is 0.635. The maximum atomic E-state index is 15.1. The van der Waals surface area contributed by atoms with E-state index in [1.54, 1.807) is 6.07 Å². The summed E-state index contributed by atoms with van der Waals surface area (Å²) in [5, 5.41) is 13.1. The summed E-state index contributed by atoms with van der Waals surface area (Å²) in [6, 6.07) is 7.17. The molecule has 184 valence electrons. The lowest BCUT2D eigenvalue weighted by Crippen LogP contribution is -2.42. The molecule has 9 nitrogen and oxygen atoms in total. The van der Waals surface area contributed by atoms with E-state index in [9.17, 15) is 9.90 Å². The highest BCUT2D eigenvalue weighted by atomic mass is 19.1. The summed E-state index contributed by atoms with van der Waals surface area (Å²) >= 11 is 0. The molecule has 2 aliphatic heterocycles. The zero-order valence-corrected chi connectivity index (χ0v) is 20.1. The number of ether oxygens (including phenoxy) is 1. The second-order valence-corrected chi connectivity index (χ2v) is 9.22. The van der Waals surface area contributed by atoms with Crippen LogP contribution in [-0.2, 0) is 4.74 Å². The number of cyclic esters (lactones) is 1. The molecule has 3 heterocycles. The zero-order chi connectivity index (χ0) is 24.4. The van der Waals surface area contributed by atoms with Gasteiger partial charge in [-0.3, -0.25) is 4.90 Å². The van der Waals surface area contributed by atoms with Crippen LogP contribution in [0.15, 0.2) is 30.5 Å². The molecular formula is C24H33FN6O3. The van der Waals surface area contributed by atoms with Gasteiger partial charge < -0.3 is 20.1 Å². The normalized spacial score (nSPS) is 21.6. The lowest BCUT2D eigenvalue weighted by atomic mass is 9.97. The average molecular weight is 473 g/mol. The molecule has 0 radical (unpaired) electrons. The van der Waals surface area contributed by atoms with Crippen molar-refractivity contribution in [2.24, 2.45) is 0 Å². The number of benzene rings is 1. The third kappa shape index (κ3) is 5.13. The number of rotatable bonds is 7. The summed E-state index contributed by atoms with van der Waals surface area (Å²) in [5.41, 5.74) is 1.45. The number of nitrogens with one attached hydrogen (secondary N) is 1. The second kappa shape index (κ2) is 10.2. The average Bonchev–Trinajstić information content (AvgIpc) is 3.16. The fourth-order valence-corrected chi connectivity index (χ4v) is 4.63. The van der Waals surface area contributed by atoms with Gasteiger partial charge >= 0.3 is 6.09 Å². The van der Waals surface area contributed by atoms with Crippen molar-refractivity contribution in [1.82, 2.24) is 19.8 Å². The first-order valence-corrected chi connectivity index (χ1v) is 11.7. The van der Waals surface area contributed by atoms with E-state index >= 15 is 4.39 Å². The number of aliphatic hydroxyl groups excluding tert-OH is 1. The molecule has 0 saturated carbocycles. The number of halogens is 1. The van der Waals surface area contributed by atoms with Gasteiger partial charge in [0, 0.05) is 36.9 Å². The van der Waals surface area contributed by atoms with Crippen molar-refractivity contribution >= 4 is 17.9 Å². The molecule has 1 unspecified atom stereocenters. The maximum Gasteiger partial charge on any atom is 0.417 e. The molecule has 0 aliphatic carbocycles. The van der Waals surface area contributed by atoms with Crippen LogP contribution in [-0.4, -0.2) is 77.0 Å². The smallest absolute Gasteiger partial charge is 0.417 e. The number of anilines is 2. The van der Waals surface area contributed by atoms with E-state index in [4.69, 9.17) is 4.74 Å². The van der Waals surface area contributed by atoms with Gasteiger partial charge in [-0.25, -0.2) is 19.1 Å². The molecule has 0 bridgehead atoms. The first-order valence-electron chi connectivity index (χ1n) is 11.7. The van der Waals surface area contributed by atoms with Crippen LogP contribution >= 0.6 is 0 Å². The number of aliphatic hydroxyl groups is 1. The third-order valence-corrected chi connectivity index (χ3v) is 6.84. The highest BCUT2D eigenvalue weighted by molar-refractivity contribution is 5.88. The Kier molecular flexibility index (Phi) is 7.30. The van der Waals surface area contributed by atoms with Crippen molar-refractivity contribution in [3.63, 3.8) is 0 Å². The number of hydrogen-bond donors (Lipinski definition) is 2. The number of hydrogen-bond acceptors (Lipinski definition) is 8.